The summed E-state index contributed by atoms with van der Waals surface area (Å²) in [4.78, 5) is 15.4. The maximum atomic E-state index is 13.4. The molecule has 0 unspecified atom stereocenters. The van der Waals surface area contributed by atoms with Crippen LogP contribution in [0.2, 0.25) is 0 Å². The zero-order valence-corrected chi connectivity index (χ0v) is 19.5. The van der Waals surface area contributed by atoms with E-state index in [9.17, 15) is 9.18 Å². The third-order valence-corrected chi connectivity index (χ3v) is 6.26. The van der Waals surface area contributed by atoms with Crippen LogP contribution in [0.25, 0.3) is 0 Å². The highest BCUT2D eigenvalue weighted by Crippen LogP contribution is 2.29. The fourth-order valence-electron chi connectivity index (χ4n) is 4.64. The summed E-state index contributed by atoms with van der Waals surface area (Å²) >= 11 is 0. The second-order valence-electron chi connectivity index (χ2n) is 8.97. The van der Waals surface area contributed by atoms with Crippen LogP contribution < -0.4 is 10.1 Å². The molecule has 0 aromatic heterocycles. The minimum Gasteiger partial charge on any atom is -0.457 e. The summed E-state index contributed by atoms with van der Waals surface area (Å²) in [5, 5.41) is 3.18. The smallest absolute Gasteiger partial charge is 0.322 e. The SMILES string of the molecule is Cc1cc(C)c(NC(=O)N(Cc2ccc(Oc3ccc(F)cc3)cc2)C2CCCC2)c(C)c1. The van der Waals surface area contributed by atoms with E-state index in [1.54, 1.807) is 12.1 Å². The third-order valence-electron chi connectivity index (χ3n) is 6.26. The second kappa shape index (κ2) is 10.1. The van der Waals surface area contributed by atoms with E-state index < -0.39 is 0 Å². The van der Waals surface area contributed by atoms with E-state index in [2.05, 4.69) is 24.4 Å². The van der Waals surface area contributed by atoms with Crippen molar-refractivity contribution in [2.75, 3.05) is 5.32 Å². The fourth-order valence-corrected chi connectivity index (χ4v) is 4.64. The Morgan fingerprint density at radius 3 is 2.06 bits per heavy atom. The minimum atomic E-state index is -0.293. The monoisotopic (exact) mass is 446 g/mol. The van der Waals surface area contributed by atoms with Crippen LogP contribution in [-0.4, -0.2) is 17.0 Å². The van der Waals surface area contributed by atoms with Crippen LogP contribution >= 0.6 is 0 Å². The van der Waals surface area contributed by atoms with E-state index in [-0.39, 0.29) is 17.9 Å². The average Bonchev–Trinajstić information content (AvgIpc) is 3.31. The molecule has 33 heavy (non-hydrogen) atoms. The quantitative estimate of drug-likeness (QED) is 0.425. The van der Waals surface area contributed by atoms with Crippen LogP contribution in [0.4, 0.5) is 14.9 Å². The van der Waals surface area contributed by atoms with Gasteiger partial charge in [-0.25, -0.2) is 9.18 Å². The molecule has 1 saturated carbocycles. The number of hydrogen-bond donors (Lipinski definition) is 1. The van der Waals surface area contributed by atoms with Crippen LogP contribution in [0, 0.1) is 26.6 Å². The molecule has 0 bridgehead atoms. The Morgan fingerprint density at radius 2 is 1.48 bits per heavy atom. The molecule has 172 valence electrons. The minimum absolute atomic E-state index is 0.0522. The molecule has 0 atom stereocenters. The summed E-state index contributed by atoms with van der Waals surface area (Å²) in [6.45, 7) is 6.68. The molecule has 3 aromatic carbocycles. The zero-order valence-electron chi connectivity index (χ0n) is 19.5. The lowest BCUT2D eigenvalue weighted by molar-refractivity contribution is 0.184. The largest absolute Gasteiger partial charge is 0.457 e. The molecule has 1 fully saturated rings. The van der Waals surface area contributed by atoms with Crippen LogP contribution in [0.5, 0.6) is 11.5 Å². The van der Waals surface area contributed by atoms with Crippen molar-refractivity contribution >= 4 is 11.7 Å². The number of amides is 2. The Balaban J connectivity index is 1.48. The van der Waals surface area contributed by atoms with Crippen LogP contribution in [0.15, 0.2) is 60.7 Å². The number of hydrogen-bond acceptors (Lipinski definition) is 2. The highest BCUT2D eigenvalue weighted by molar-refractivity contribution is 5.91. The van der Waals surface area contributed by atoms with E-state index in [0.717, 1.165) is 48.1 Å². The number of halogens is 1. The number of anilines is 1. The molecule has 3 aromatic rings. The first-order chi connectivity index (χ1) is 15.9. The molecule has 0 heterocycles. The maximum Gasteiger partial charge on any atom is 0.322 e. The van der Waals surface area contributed by atoms with Crippen molar-refractivity contribution in [1.82, 2.24) is 4.90 Å². The third kappa shape index (κ3) is 5.72. The van der Waals surface area contributed by atoms with Gasteiger partial charge in [-0.1, -0.05) is 42.7 Å². The highest BCUT2D eigenvalue weighted by Gasteiger charge is 2.27. The van der Waals surface area contributed by atoms with E-state index in [1.807, 2.05) is 43.0 Å². The van der Waals surface area contributed by atoms with E-state index >= 15 is 0 Å². The Hall–Kier alpha value is -3.34. The lowest BCUT2D eigenvalue weighted by Crippen LogP contribution is -2.41. The van der Waals surface area contributed by atoms with Gasteiger partial charge >= 0.3 is 6.03 Å². The molecular weight excluding hydrogens is 415 g/mol. The second-order valence-corrected chi connectivity index (χ2v) is 8.97. The average molecular weight is 447 g/mol. The van der Waals surface area contributed by atoms with Crippen LogP contribution in [0.3, 0.4) is 0 Å². The summed E-state index contributed by atoms with van der Waals surface area (Å²) < 4.78 is 18.9. The molecule has 0 radical (unpaired) electrons. The van der Waals surface area contributed by atoms with Crippen molar-refractivity contribution in [3.63, 3.8) is 0 Å². The van der Waals surface area contributed by atoms with Gasteiger partial charge < -0.3 is 15.0 Å². The number of aryl methyl sites for hydroxylation is 3. The zero-order chi connectivity index (χ0) is 23.4. The van der Waals surface area contributed by atoms with Gasteiger partial charge in [-0.2, -0.15) is 0 Å². The number of nitrogens with one attached hydrogen (secondary N) is 1. The number of carbonyl (C=O) groups excluding carboxylic acids is 1. The van der Waals surface area contributed by atoms with E-state index in [0.29, 0.717) is 18.0 Å². The first kappa shape index (κ1) is 22.8. The highest BCUT2D eigenvalue weighted by atomic mass is 19.1. The molecule has 0 aliphatic heterocycles. The molecule has 0 spiro atoms. The summed E-state index contributed by atoms with van der Waals surface area (Å²) in [5.74, 6) is 0.965. The van der Waals surface area contributed by atoms with Gasteiger partial charge in [0.1, 0.15) is 17.3 Å². The lowest BCUT2D eigenvalue weighted by atomic mass is 10.1. The predicted octanol–water partition coefficient (Wildman–Crippen LogP) is 7.52. The maximum absolute atomic E-state index is 13.4. The molecule has 4 rings (SSSR count). The van der Waals surface area contributed by atoms with Gasteiger partial charge in [-0.3, -0.25) is 0 Å². The molecule has 4 nitrogen and oxygen atoms in total. The molecule has 5 heteroatoms. The normalized spacial score (nSPS) is 13.7. The Labute approximate surface area is 195 Å². The van der Waals surface area contributed by atoms with Gasteiger partial charge in [0, 0.05) is 18.3 Å². The van der Waals surface area contributed by atoms with E-state index in [1.165, 1.54) is 17.7 Å². The van der Waals surface area contributed by atoms with Gasteiger partial charge in [-0.15, -0.1) is 0 Å². The lowest BCUT2D eigenvalue weighted by Gasteiger charge is -2.30. The van der Waals surface area contributed by atoms with Crippen molar-refractivity contribution in [2.45, 2.75) is 59.0 Å². The number of urea groups is 1. The van der Waals surface area contributed by atoms with Crippen molar-refractivity contribution in [3.05, 3.63) is 88.7 Å². The topological polar surface area (TPSA) is 41.6 Å². The Bertz CT molecular complexity index is 1080. The molecule has 0 saturated heterocycles. The Kier molecular flexibility index (Phi) is 6.97. The number of nitrogens with zero attached hydrogens (tertiary/aromatic N) is 1. The standard InChI is InChI=1S/C28H31FN2O2/c1-19-16-20(2)27(21(3)17-19)30-28(32)31(24-6-4-5-7-24)18-22-8-12-25(13-9-22)33-26-14-10-23(29)11-15-26/h8-17,24H,4-7,18H2,1-3H3,(H,30,32). The van der Waals surface area contributed by atoms with Gasteiger partial charge in [0.05, 0.1) is 0 Å². The number of ether oxygens (including phenoxy) is 1. The fraction of sp³-hybridized carbons (Fsp3) is 0.321. The van der Waals surface area contributed by atoms with Gasteiger partial charge in [0.25, 0.3) is 0 Å². The summed E-state index contributed by atoms with van der Waals surface area (Å²) in [5.41, 5.74) is 5.29. The summed E-state index contributed by atoms with van der Waals surface area (Å²) in [7, 11) is 0. The molecule has 1 N–H and O–H groups in total. The van der Waals surface area contributed by atoms with Crippen molar-refractivity contribution in [1.29, 1.82) is 0 Å². The van der Waals surface area contributed by atoms with Crippen LogP contribution in [0.1, 0.15) is 47.9 Å². The number of benzene rings is 3. The van der Waals surface area contributed by atoms with Crippen LogP contribution in [-0.2, 0) is 6.54 Å². The van der Waals surface area contributed by atoms with Gasteiger partial charge in [-0.05, 0) is 86.7 Å². The van der Waals surface area contributed by atoms with Crippen molar-refractivity contribution in [2.24, 2.45) is 0 Å². The first-order valence-electron chi connectivity index (χ1n) is 11.6. The predicted molar refractivity (Wildman–Crippen MR) is 130 cm³/mol. The number of rotatable bonds is 6. The van der Waals surface area contributed by atoms with Gasteiger partial charge in [0.2, 0.25) is 0 Å². The van der Waals surface area contributed by atoms with Crippen molar-refractivity contribution < 1.29 is 13.9 Å². The Morgan fingerprint density at radius 1 is 0.939 bits per heavy atom. The van der Waals surface area contributed by atoms with Crippen molar-refractivity contribution in [3.8, 4) is 11.5 Å². The summed E-state index contributed by atoms with van der Waals surface area (Å²) in [6.07, 6.45) is 4.37. The number of carbonyl (C=O) groups is 1. The molecule has 1 aliphatic rings. The first-order valence-corrected chi connectivity index (χ1v) is 11.6. The molecule has 1 aliphatic carbocycles. The molecular formula is C28H31FN2O2. The molecule has 2 amide bonds. The van der Waals surface area contributed by atoms with Gasteiger partial charge in [0.15, 0.2) is 0 Å². The van der Waals surface area contributed by atoms with E-state index in [4.69, 9.17) is 4.74 Å². The summed E-state index contributed by atoms with van der Waals surface area (Å²) in [6, 6.07) is 18.1.